The van der Waals surface area contributed by atoms with Crippen molar-refractivity contribution in [2.75, 3.05) is 25.9 Å². The number of aliphatic hydroxyl groups excluding tert-OH is 1. The molecule has 0 fully saturated rings. The lowest BCUT2D eigenvalue weighted by Gasteiger charge is -2.19. The molecular weight excluding hydrogens is 481 g/mol. The molecule has 0 saturated heterocycles. The van der Waals surface area contributed by atoms with Gasteiger partial charge in [0.1, 0.15) is 6.10 Å². The maximum absolute atomic E-state index is 12.0. The van der Waals surface area contributed by atoms with Crippen LogP contribution >= 0.6 is 35.3 Å². The van der Waals surface area contributed by atoms with Crippen LogP contribution in [0.1, 0.15) is 31.8 Å². The van der Waals surface area contributed by atoms with Crippen molar-refractivity contribution in [1.29, 1.82) is 0 Å². The molecule has 0 spiro atoms. The number of benzene rings is 1. The number of guanidine groups is 1. The van der Waals surface area contributed by atoms with E-state index < -0.39 is 16.9 Å². The summed E-state index contributed by atoms with van der Waals surface area (Å²) in [4.78, 5) is 5.07. The number of rotatable bonds is 6. The first-order chi connectivity index (χ1) is 11.8. The Morgan fingerprint density at radius 3 is 2.62 bits per heavy atom. The maximum Gasteiger partial charge on any atom is 0.191 e. The first kappa shape index (κ1) is 23.3. The van der Waals surface area contributed by atoms with E-state index in [2.05, 4.69) is 21.7 Å². The average Bonchev–Trinajstić information content (AvgIpc) is 3.00. The summed E-state index contributed by atoms with van der Waals surface area (Å²) < 4.78 is 13.0. The molecule has 146 valence electrons. The van der Waals surface area contributed by atoms with Gasteiger partial charge in [0.15, 0.2) is 5.96 Å². The monoisotopic (exact) mass is 509 g/mol. The summed E-state index contributed by atoms with van der Waals surface area (Å²) in [6.45, 7) is 6.85. The number of nitrogens with zero attached hydrogens (tertiary/aromatic N) is 1. The summed E-state index contributed by atoms with van der Waals surface area (Å²) in [6, 6.07) is 10.1. The van der Waals surface area contributed by atoms with Gasteiger partial charge in [-0.1, -0.05) is 18.2 Å². The zero-order valence-corrected chi connectivity index (χ0v) is 19.6. The second-order valence-electron chi connectivity index (χ2n) is 6.74. The second-order valence-corrected chi connectivity index (χ2v) is 10.2. The predicted molar refractivity (Wildman–Crippen MR) is 124 cm³/mol. The van der Waals surface area contributed by atoms with Crippen LogP contribution in [0.2, 0.25) is 0 Å². The van der Waals surface area contributed by atoms with E-state index in [9.17, 15) is 9.32 Å². The number of aliphatic hydroxyl groups is 1. The third-order valence-corrected chi connectivity index (χ3v) is 6.88. The minimum absolute atomic E-state index is 0. The van der Waals surface area contributed by atoms with Gasteiger partial charge in [-0.3, -0.25) is 9.20 Å². The Morgan fingerprint density at radius 2 is 2.00 bits per heavy atom. The van der Waals surface area contributed by atoms with Crippen LogP contribution in [0, 0.1) is 0 Å². The molecule has 1 aromatic heterocycles. The number of thiophene rings is 1. The van der Waals surface area contributed by atoms with Gasteiger partial charge in [0.2, 0.25) is 0 Å². The van der Waals surface area contributed by atoms with Gasteiger partial charge in [0.25, 0.3) is 0 Å². The molecule has 1 aromatic carbocycles. The standard InChI is InChI=1S/C18H27N3O2S2.HI/c1-18(2,3)25(23)10-9-20-17(19-4)21-12-14(22)16-11-13-7-5-6-8-15(13)24-16;/h5-8,11,14,22H,9-10,12H2,1-4H3,(H2,19,20,21);1H. The largest absolute Gasteiger partial charge is 0.386 e. The van der Waals surface area contributed by atoms with Gasteiger partial charge in [-0.2, -0.15) is 0 Å². The Morgan fingerprint density at radius 1 is 1.31 bits per heavy atom. The summed E-state index contributed by atoms with van der Waals surface area (Å²) in [7, 11) is 0.782. The van der Waals surface area contributed by atoms with Crippen LogP contribution < -0.4 is 10.6 Å². The highest BCUT2D eigenvalue weighted by molar-refractivity contribution is 14.0. The molecule has 3 N–H and O–H groups in total. The van der Waals surface area contributed by atoms with Gasteiger partial charge >= 0.3 is 0 Å². The molecule has 0 radical (unpaired) electrons. The summed E-state index contributed by atoms with van der Waals surface area (Å²) >= 11 is 1.60. The van der Waals surface area contributed by atoms with Gasteiger partial charge in [0, 0.05) is 51.0 Å². The van der Waals surface area contributed by atoms with E-state index in [1.807, 2.05) is 45.0 Å². The molecule has 2 aromatic rings. The molecule has 0 aliphatic carbocycles. The van der Waals surface area contributed by atoms with Crippen LogP contribution in [0.25, 0.3) is 10.1 Å². The molecule has 1 heterocycles. The molecule has 5 nitrogen and oxygen atoms in total. The lowest BCUT2D eigenvalue weighted by Crippen LogP contribution is -2.41. The molecule has 0 bridgehead atoms. The normalized spacial score (nSPS) is 14.6. The highest BCUT2D eigenvalue weighted by Gasteiger charge is 2.18. The lowest BCUT2D eigenvalue weighted by molar-refractivity contribution is 0.184. The molecule has 0 aliphatic rings. The number of nitrogens with one attached hydrogen (secondary N) is 2. The van der Waals surface area contributed by atoms with Crippen LogP contribution in [-0.4, -0.2) is 45.9 Å². The van der Waals surface area contributed by atoms with Gasteiger partial charge in [-0.25, -0.2) is 0 Å². The average molecular weight is 509 g/mol. The molecule has 8 heteroatoms. The first-order valence-electron chi connectivity index (χ1n) is 8.31. The number of hydrogen-bond acceptors (Lipinski definition) is 4. The van der Waals surface area contributed by atoms with Crippen LogP contribution in [-0.2, 0) is 10.8 Å². The summed E-state index contributed by atoms with van der Waals surface area (Å²) in [5.74, 6) is 1.16. The van der Waals surface area contributed by atoms with Crippen molar-refractivity contribution in [3.8, 4) is 0 Å². The molecular formula is C18H28IN3O2S2. The number of aliphatic imine (C=N–C) groups is 1. The van der Waals surface area contributed by atoms with Crippen molar-refractivity contribution in [3.63, 3.8) is 0 Å². The molecule has 26 heavy (non-hydrogen) atoms. The smallest absolute Gasteiger partial charge is 0.191 e. The van der Waals surface area contributed by atoms with E-state index >= 15 is 0 Å². The highest BCUT2D eigenvalue weighted by Crippen LogP contribution is 2.29. The van der Waals surface area contributed by atoms with E-state index in [0.717, 1.165) is 10.3 Å². The van der Waals surface area contributed by atoms with Crippen LogP contribution in [0.3, 0.4) is 0 Å². The van der Waals surface area contributed by atoms with Crippen LogP contribution in [0.15, 0.2) is 35.3 Å². The van der Waals surface area contributed by atoms with E-state index in [1.54, 1.807) is 18.4 Å². The summed E-state index contributed by atoms with van der Waals surface area (Å²) in [6.07, 6.45) is -0.598. The third kappa shape index (κ3) is 6.79. The van der Waals surface area contributed by atoms with E-state index in [-0.39, 0.29) is 28.7 Å². The Bertz CT molecular complexity index is 723. The molecule has 2 rings (SSSR count). The van der Waals surface area contributed by atoms with Gasteiger partial charge < -0.3 is 15.7 Å². The van der Waals surface area contributed by atoms with Crippen molar-refractivity contribution < 1.29 is 9.32 Å². The highest BCUT2D eigenvalue weighted by atomic mass is 127. The molecule has 0 saturated carbocycles. The SMILES string of the molecule is CN=C(NCCS(=O)C(C)(C)C)NCC(O)c1cc2ccccc2s1.I. The minimum atomic E-state index is -0.900. The Kier molecular flexibility index (Phi) is 9.49. The summed E-state index contributed by atoms with van der Waals surface area (Å²) in [5, 5.41) is 17.8. The van der Waals surface area contributed by atoms with Crippen molar-refractivity contribution >= 4 is 62.2 Å². The number of fused-ring (bicyclic) bond motifs is 1. The van der Waals surface area contributed by atoms with Crippen molar-refractivity contribution in [2.24, 2.45) is 4.99 Å². The molecule has 0 aliphatic heterocycles. The summed E-state index contributed by atoms with van der Waals surface area (Å²) in [5.41, 5.74) is 0. The fourth-order valence-corrected chi connectivity index (χ4v) is 4.20. The van der Waals surface area contributed by atoms with Gasteiger partial charge in [0.05, 0.1) is 0 Å². The van der Waals surface area contributed by atoms with E-state index in [4.69, 9.17) is 0 Å². The number of halogens is 1. The lowest BCUT2D eigenvalue weighted by atomic mass is 10.2. The Hall–Kier alpha value is -0.710. The Labute approximate surface area is 179 Å². The van der Waals surface area contributed by atoms with Crippen LogP contribution in [0.4, 0.5) is 0 Å². The predicted octanol–water partition coefficient (Wildman–Crippen LogP) is 3.26. The molecule has 2 unspecified atom stereocenters. The van der Waals surface area contributed by atoms with Crippen molar-refractivity contribution in [3.05, 3.63) is 35.2 Å². The van der Waals surface area contributed by atoms with Crippen molar-refractivity contribution in [2.45, 2.75) is 31.6 Å². The molecule has 2 atom stereocenters. The topological polar surface area (TPSA) is 73.7 Å². The minimum Gasteiger partial charge on any atom is -0.386 e. The van der Waals surface area contributed by atoms with Gasteiger partial charge in [-0.15, -0.1) is 35.3 Å². The van der Waals surface area contributed by atoms with Crippen LogP contribution in [0.5, 0.6) is 0 Å². The number of hydrogen-bond donors (Lipinski definition) is 3. The zero-order valence-electron chi connectivity index (χ0n) is 15.6. The zero-order chi connectivity index (χ0) is 18.4. The third-order valence-electron chi connectivity index (χ3n) is 3.72. The van der Waals surface area contributed by atoms with Crippen molar-refractivity contribution in [1.82, 2.24) is 10.6 Å². The molecule has 0 amide bonds. The van der Waals surface area contributed by atoms with E-state index in [1.165, 1.54) is 4.70 Å². The maximum atomic E-state index is 12.0. The van der Waals surface area contributed by atoms with Gasteiger partial charge in [-0.05, 0) is 38.3 Å². The first-order valence-corrected chi connectivity index (χ1v) is 10.4. The quantitative estimate of drug-likeness (QED) is 0.318. The van der Waals surface area contributed by atoms with E-state index in [0.29, 0.717) is 24.8 Å². The fraction of sp³-hybridized carbons (Fsp3) is 0.500. The Balaban J connectivity index is 0.00000338. The second kappa shape index (κ2) is 10.6. The fourth-order valence-electron chi connectivity index (χ4n) is 2.25.